The Hall–Kier alpha value is -2.82. The second-order valence-corrected chi connectivity index (χ2v) is 5.20. The molecule has 0 saturated heterocycles. The van der Waals surface area contributed by atoms with Crippen LogP contribution in [-0.4, -0.2) is 18.6 Å². The summed E-state index contributed by atoms with van der Waals surface area (Å²) in [6, 6.07) is 12.1. The van der Waals surface area contributed by atoms with E-state index in [1.165, 1.54) is 0 Å². The first kappa shape index (κ1) is 16.5. The molecule has 2 aromatic rings. The van der Waals surface area contributed by atoms with Gasteiger partial charge in [0.25, 0.3) is 0 Å². The van der Waals surface area contributed by atoms with Crippen molar-refractivity contribution in [1.82, 2.24) is 0 Å². The lowest BCUT2D eigenvalue weighted by atomic mass is 10.1. The maximum atomic E-state index is 12.1. The van der Waals surface area contributed by atoms with Crippen LogP contribution in [0.2, 0.25) is 0 Å². The molecule has 0 aromatic heterocycles. The molecule has 0 bridgehead atoms. The maximum absolute atomic E-state index is 12.1. The fourth-order valence-corrected chi connectivity index (χ4v) is 2.06. The first-order chi connectivity index (χ1) is 11.0. The molecule has 2 rings (SSSR count). The number of esters is 1. The minimum absolute atomic E-state index is 0.330. The van der Waals surface area contributed by atoms with Crippen molar-refractivity contribution in [2.75, 3.05) is 17.2 Å². The molecule has 2 aromatic carbocycles. The predicted molar refractivity (Wildman–Crippen MR) is 91.0 cm³/mol. The first-order valence-corrected chi connectivity index (χ1v) is 7.42. The highest BCUT2D eigenvalue weighted by atomic mass is 16.5. The highest BCUT2D eigenvalue weighted by Crippen LogP contribution is 2.17. The lowest BCUT2D eigenvalue weighted by molar-refractivity contribution is 0.0526. The van der Waals surface area contributed by atoms with Crippen molar-refractivity contribution in [2.45, 2.75) is 20.8 Å². The van der Waals surface area contributed by atoms with Crippen LogP contribution in [0, 0.1) is 13.8 Å². The van der Waals surface area contributed by atoms with E-state index in [9.17, 15) is 9.59 Å². The molecule has 0 aliphatic rings. The van der Waals surface area contributed by atoms with E-state index >= 15 is 0 Å². The number of rotatable bonds is 4. The van der Waals surface area contributed by atoms with Gasteiger partial charge in [0.15, 0.2) is 0 Å². The van der Waals surface area contributed by atoms with Gasteiger partial charge >= 0.3 is 12.0 Å². The van der Waals surface area contributed by atoms with E-state index in [1.54, 1.807) is 31.2 Å². The van der Waals surface area contributed by atoms with Crippen LogP contribution in [0.15, 0.2) is 42.5 Å². The first-order valence-electron chi connectivity index (χ1n) is 7.42. The van der Waals surface area contributed by atoms with Crippen LogP contribution in [0.25, 0.3) is 0 Å². The van der Waals surface area contributed by atoms with E-state index in [0.29, 0.717) is 17.9 Å². The number of anilines is 2. The van der Waals surface area contributed by atoms with Crippen LogP contribution in [-0.2, 0) is 4.74 Å². The molecule has 5 heteroatoms. The van der Waals surface area contributed by atoms with Crippen molar-refractivity contribution in [3.05, 3.63) is 59.2 Å². The molecule has 0 atom stereocenters. The summed E-state index contributed by atoms with van der Waals surface area (Å²) in [5.74, 6) is -0.376. The number of benzene rings is 2. The van der Waals surface area contributed by atoms with Gasteiger partial charge in [0.05, 0.1) is 12.2 Å². The number of ether oxygens (including phenoxy) is 1. The quantitative estimate of drug-likeness (QED) is 0.834. The summed E-state index contributed by atoms with van der Waals surface area (Å²) >= 11 is 0. The largest absolute Gasteiger partial charge is 0.462 e. The van der Waals surface area contributed by atoms with Gasteiger partial charge in [0.1, 0.15) is 0 Å². The number of hydrogen-bond donors (Lipinski definition) is 2. The van der Waals surface area contributed by atoms with Gasteiger partial charge < -0.3 is 15.4 Å². The van der Waals surface area contributed by atoms with Gasteiger partial charge in [-0.2, -0.15) is 0 Å². The van der Waals surface area contributed by atoms with Gasteiger partial charge in [0.2, 0.25) is 0 Å². The Balaban J connectivity index is 2.00. The van der Waals surface area contributed by atoms with E-state index in [4.69, 9.17) is 4.74 Å². The molecule has 0 saturated carbocycles. The number of aryl methyl sites for hydroxylation is 2. The molecule has 0 aliphatic heterocycles. The molecule has 0 radical (unpaired) electrons. The molecule has 5 nitrogen and oxygen atoms in total. The monoisotopic (exact) mass is 312 g/mol. The van der Waals surface area contributed by atoms with Crippen molar-refractivity contribution in [3.63, 3.8) is 0 Å². The Morgan fingerprint density at radius 2 is 1.70 bits per heavy atom. The van der Waals surface area contributed by atoms with Gasteiger partial charge in [-0.1, -0.05) is 12.1 Å². The Morgan fingerprint density at radius 3 is 2.35 bits per heavy atom. The number of urea groups is 1. The summed E-state index contributed by atoms with van der Waals surface area (Å²) in [4.78, 5) is 23.6. The van der Waals surface area contributed by atoms with Crippen molar-refractivity contribution in [1.29, 1.82) is 0 Å². The van der Waals surface area contributed by atoms with Crippen LogP contribution in [0.5, 0.6) is 0 Å². The molecule has 120 valence electrons. The van der Waals surface area contributed by atoms with Crippen LogP contribution >= 0.6 is 0 Å². The molecule has 0 aliphatic carbocycles. The summed E-state index contributed by atoms with van der Waals surface area (Å²) < 4.78 is 4.91. The topological polar surface area (TPSA) is 67.4 Å². The highest BCUT2D eigenvalue weighted by molar-refractivity contribution is 6.00. The standard InChI is InChI=1S/C18H20N2O3/c1-4-23-17(21)14-7-9-15(10-8-14)19-18(22)20-16-11-12(2)5-6-13(16)3/h5-11H,4H2,1-3H3,(H2,19,20,22). The fourth-order valence-electron chi connectivity index (χ4n) is 2.06. The molecule has 23 heavy (non-hydrogen) atoms. The van der Waals surface area contributed by atoms with Gasteiger partial charge in [-0.05, 0) is 62.2 Å². The van der Waals surface area contributed by atoms with E-state index in [1.807, 2.05) is 32.0 Å². The number of carbonyl (C=O) groups is 2. The average molecular weight is 312 g/mol. The second kappa shape index (κ2) is 7.45. The lowest BCUT2D eigenvalue weighted by Crippen LogP contribution is -2.20. The van der Waals surface area contributed by atoms with Gasteiger partial charge in [-0.25, -0.2) is 9.59 Å². The number of amides is 2. The summed E-state index contributed by atoms with van der Waals surface area (Å²) in [5.41, 5.74) is 3.88. The van der Waals surface area contributed by atoms with Gasteiger partial charge in [-0.15, -0.1) is 0 Å². The van der Waals surface area contributed by atoms with Crippen molar-refractivity contribution < 1.29 is 14.3 Å². The minimum Gasteiger partial charge on any atom is -0.462 e. The van der Waals surface area contributed by atoms with E-state index in [-0.39, 0.29) is 12.0 Å². The van der Waals surface area contributed by atoms with Crippen molar-refractivity contribution in [3.8, 4) is 0 Å². The van der Waals surface area contributed by atoms with Crippen LogP contribution in [0.3, 0.4) is 0 Å². The SMILES string of the molecule is CCOC(=O)c1ccc(NC(=O)Nc2cc(C)ccc2C)cc1. The Kier molecular flexibility index (Phi) is 5.36. The number of hydrogen-bond acceptors (Lipinski definition) is 3. The molecular weight excluding hydrogens is 292 g/mol. The zero-order valence-electron chi connectivity index (χ0n) is 13.5. The van der Waals surface area contributed by atoms with Crippen LogP contribution in [0.1, 0.15) is 28.4 Å². The highest BCUT2D eigenvalue weighted by Gasteiger charge is 2.08. The molecule has 2 amide bonds. The van der Waals surface area contributed by atoms with Crippen LogP contribution in [0.4, 0.5) is 16.2 Å². The van der Waals surface area contributed by atoms with E-state index in [2.05, 4.69) is 10.6 Å². The molecule has 0 spiro atoms. The Morgan fingerprint density at radius 1 is 1.00 bits per heavy atom. The van der Waals surface area contributed by atoms with Gasteiger partial charge in [0, 0.05) is 11.4 Å². The zero-order valence-corrected chi connectivity index (χ0v) is 13.5. The smallest absolute Gasteiger partial charge is 0.338 e. The molecule has 0 heterocycles. The third kappa shape index (κ3) is 4.57. The molecule has 2 N–H and O–H groups in total. The Labute approximate surface area is 135 Å². The van der Waals surface area contributed by atoms with E-state index in [0.717, 1.165) is 16.8 Å². The van der Waals surface area contributed by atoms with Crippen LogP contribution < -0.4 is 10.6 Å². The molecular formula is C18H20N2O3. The van der Waals surface area contributed by atoms with Crippen molar-refractivity contribution in [2.24, 2.45) is 0 Å². The molecule has 0 unspecified atom stereocenters. The third-order valence-corrected chi connectivity index (χ3v) is 3.30. The summed E-state index contributed by atoms with van der Waals surface area (Å²) in [7, 11) is 0. The Bertz CT molecular complexity index is 709. The van der Waals surface area contributed by atoms with E-state index < -0.39 is 0 Å². The second-order valence-electron chi connectivity index (χ2n) is 5.20. The zero-order chi connectivity index (χ0) is 16.8. The minimum atomic E-state index is -0.376. The van der Waals surface area contributed by atoms with Crippen molar-refractivity contribution >= 4 is 23.4 Å². The molecule has 0 fully saturated rings. The lowest BCUT2D eigenvalue weighted by Gasteiger charge is -2.11. The summed E-state index contributed by atoms with van der Waals surface area (Å²) in [6.45, 7) is 5.99. The number of carbonyl (C=O) groups excluding carboxylic acids is 2. The summed E-state index contributed by atoms with van der Waals surface area (Å²) in [5, 5.41) is 5.55. The maximum Gasteiger partial charge on any atom is 0.338 e. The van der Waals surface area contributed by atoms with Gasteiger partial charge in [-0.3, -0.25) is 0 Å². The number of nitrogens with one attached hydrogen (secondary N) is 2. The predicted octanol–water partition coefficient (Wildman–Crippen LogP) is 4.12. The normalized spacial score (nSPS) is 10.0. The fraction of sp³-hybridized carbons (Fsp3) is 0.222. The third-order valence-electron chi connectivity index (χ3n) is 3.30. The summed E-state index contributed by atoms with van der Waals surface area (Å²) in [6.07, 6.45) is 0. The average Bonchev–Trinajstić information content (AvgIpc) is 2.52.